The summed E-state index contributed by atoms with van der Waals surface area (Å²) in [6.45, 7) is 1.27. The standard InChI is InChI=1S/C13H15N3O2/c14-11(17)13(5-6-13)12(18)16-8-7-15-9-3-1-2-4-10(9)16/h1-4,15H,5-8H2,(H2,14,17). The second kappa shape index (κ2) is 3.73. The molecule has 1 aromatic rings. The third-order valence-electron chi connectivity index (χ3n) is 3.72. The molecule has 0 atom stereocenters. The number of benzene rings is 1. The highest BCUT2D eigenvalue weighted by atomic mass is 16.2. The number of para-hydroxylation sites is 2. The number of amides is 2. The molecule has 0 aromatic heterocycles. The summed E-state index contributed by atoms with van der Waals surface area (Å²) in [5, 5.41) is 3.24. The van der Waals surface area contributed by atoms with E-state index in [2.05, 4.69) is 5.32 Å². The predicted octanol–water partition coefficient (Wildman–Crippen LogP) is 0.711. The van der Waals surface area contributed by atoms with Gasteiger partial charge in [0.1, 0.15) is 5.41 Å². The van der Waals surface area contributed by atoms with E-state index in [1.54, 1.807) is 4.90 Å². The van der Waals surface area contributed by atoms with E-state index in [-0.39, 0.29) is 5.91 Å². The Morgan fingerprint density at radius 1 is 1.28 bits per heavy atom. The highest BCUT2D eigenvalue weighted by Gasteiger charge is 2.57. The lowest BCUT2D eigenvalue weighted by Crippen LogP contribution is -2.47. The normalized spacial score (nSPS) is 19.7. The number of carbonyl (C=O) groups is 2. The smallest absolute Gasteiger partial charge is 0.242 e. The topological polar surface area (TPSA) is 75.4 Å². The molecular weight excluding hydrogens is 230 g/mol. The largest absolute Gasteiger partial charge is 0.382 e. The number of anilines is 2. The number of rotatable bonds is 2. The highest BCUT2D eigenvalue weighted by Crippen LogP contribution is 2.48. The fraction of sp³-hybridized carbons (Fsp3) is 0.385. The van der Waals surface area contributed by atoms with Crippen LogP contribution in [-0.2, 0) is 9.59 Å². The molecule has 1 fully saturated rings. The van der Waals surface area contributed by atoms with Gasteiger partial charge in [-0.25, -0.2) is 0 Å². The van der Waals surface area contributed by atoms with E-state index in [0.717, 1.165) is 11.4 Å². The molecule has 2 aliphatic rings. The summed E-state index contributed by atoms with van der Waals surface area (Å²) in [7, 11) is 0. The fourth-order valence-corrected chi connectivity index (χ4v) is 2.44. The van der Waals surface area contributed by atoms with Gasteiger partial charge in [0.05, 0.1) is 11.4 Å². The first kappa shape index (κ1) is 11.1. The fourth-order valence-electron chi connectivity index (χ4n) is 2.44. The third kappa shape index (κ3) is 1.47. The molecule has 1 heterocycles. The van der Waals surface area contributed by atoms with Crippen LogP contribution in [0, 0.1) is 5.41 Å². The van der Waals surface area contributed by atoms with Crippen LogP contribution in [-0.4, -0.2) is 24.9 Å². The van der Waals surface area contributed by atoms with Crippen LogP contribution in [0.5, 0.6) is 0 Å². The lowest BCUT2D eigenvalue weighted by Gasteiger charge is -2.32. The molecule has 0 radical (unpaired) electrons. The van der Waals surface area contributed by atoms with Crippen molar-refractivity contribution in [2.75, 3.05) is 23.3 Å². The lowest BCUT2D eigenvalue weighted by atomic mass is 10.0. The van der Waals surface area contributed by atoms with Crippen molar-refractivity contribution in [3.05, 3.63) is 24.3 Å². The zero-order valence-electron chi connectivity index (χ0n) is 9.98. The Hall–Kier alpha value is -2.04. The molecule has 1 saturated carbocycles. The van der Waals surface area contributed by atoms with Crippen molar-refractivity contribution in [2.24, 2.45) is 11.1 Å². The quantitative estimate of drug-likeness (QED) is 0.753. The minimum absolute atomic E-state index is 0.149. The van der Waals surface area contributed by atoms with Gasteiger partial charge in [-0.05, 0) is 25.0 Å². The molecule has 3 N–H and O–H groups in total. The van der Waals surface area contributed by atoms with Crippen molar-refractivity contribution in [3.63, 3.8) is 0 Å². The van der Waals surface area contributed by atoms with Gasteiger partial charge in [-0.3, -0.25) is 9.59 Å². The summed E-state index contributed by atoms with van der Waals surface area (Å²) in [5.74, 6) is -0.646. The summed E-state index contributed by atoms with van der Waals surface area (Å²) < 4.78 is 0. The molecule has 18 heavy (non-hydrogen) atoms. The second-order valence-corrected chi connectivity index (χ2v) is 4.85. The van der Waals surface area contributed by atoms with Crippen molar-refractivity contribution in [1.82, 2.24) is 0 Å². The number of nitrogens with one attached hydrogen (secondary N) is 1. The second-order valence-electron chi connectivity index (χ2n) is 4.85. The summed E-state index contributed by atoms with van der Waals surface area (Å²) >= 11 is 0. The average Bonchev–Trinajstić information content (AvgIpc) is 3.19. The summed E-state index contributed by atoms with van der Waals surface area (Å²) in [6.07, 6.45) is 1.15. The average molecular weight is 245 g/mol. The zero-order chi connectivity index (χ0) is 12.8. The molecule has 1 aliphatic heterocycles. The number of fused-ring (bicyclic) bond motifs is 1. The van der Waals surface area contributed by atoms with Gasteiger partial charge in [-0.1, -0.05) is 12.1 Å². The Morgan fingerprint density at radius 3 is 2.67 bits per heavy atom. The van der Waals surface area contributed by atoms with E-state index in [4.69, 9.17) is 5.73 Å². The van der Waals surface area contributed by atoms with Gasteiger partial charge < -0.3 is 16.0 Å². The minimum Gasteiger partial charge on any atom is -0.382 e. The molecule has 2 amide bonds. The Labute approximate surface area is 105 Å². The van der Waals surface area contributed by atoms with E-state index in [1.165, 1.54) is 0 Å². The maximum atomic E-state index is 12.5. The van der Waals surface area contributed by atoms with E-state index < -0.39 is 11.3 Å². The van der Waals surface area contributed by atoms with Gasteiger partial charge in [0.2, 0.25) is 11.8 Å². The molecule has 5 heteroatoms. The van der Waals surface area contributed by atoms with Gasteiger partial charge in [-0.15, -0.1) is 0 Å². The number of carbonyl (C=O) groups excluding carboxylic acids is 2. The number of primary amides is 1. The van der Waals surface area contributed by atoms with Crippen LogP contribution >= 0.6 is 0 Å². The molecule has 0 spiro atoms. The Kier molecular flexibility index (Phi) is 2.29. The maximum Gasteiger partial charge on any atom is 0.242 e. The van der Waals surface area contributed by atoms with Crippen LogP contribution in [0.4, 0.5) is 11.4 Å². The van der Waals surface area contributed by atoms with Crippen molar-refractivity contribution in [2.45, 2.75) is 12.8 Å². The van der Waals surface area contributed by atoms with Crippen LogP contribution < -0.4 is 16.0 Å². The predicted molar refractivity (Wildman–Crippen MR) is 68.1 cm³/mol. The van der Waals surface area contributed by atoms with E-state index in [0.29, 0.717) is 25.9 Å². The monoisotopic (exact) mass is 245 g/mol. The SMILES string of the molecule is NC(=O)C1(C(=O)N2CCNc3ccccc32)CC1. The molecule has 94 valence electrons. The minimum atomic E-state index is -0.940. The van der Waals surface area contributed by atoms with Crippen LogP contribution in [0.3, 0.4) is 0 Å². The molecule has 3 rings (SSSR count). The van der Waals surface area contributed by atoms with Gasteiger partial charge in [-0.2, -0.15) is 0 Å². The Bertz CT molecular complexity index is 523. The molecule has 0 saturated heterocycles. The first-order valence-corrected chi connectivity index (χ1v) is 6.10. The lowest BCUT2D eigenvalue weighted by molar-refractivity contribution is -0.133. The molecule has 5 nitrogen and oxygen atoms in total. The van der Waals surface area contributed by atoms with Crippen LogP contribution in [0.1, 0.15) is 12.8 Å². The summed E-state index contributed by atoms with van der Waals surface area (Å²) in [6, 6.07) is 7.62. The first-order valence-electron chi connectivity index (χ1n) is 6.10. The van der Waals surface area contributed by atoms with Gasteiger partial charge >= 0.3 is 0 Å². The number of hydrogen-bond acceptors (Lipinski definition) is 3. The van der Waals surface area contributed by atoms with E-state index in [1.807, 2.05) is 24.3 Å². The van der Waals surface area contributed by atoms with Crippen LogP contribution in [0.15, 0.2) is 24.3 Å². The van der Waals surface area contributed by atoms with Crippen LogP contribution in [0.25, 0.3) is 0 Å². The Balaban J connectivity index is 1.95. The molecule has 1 aliphatic carbocycles. The third-order valence-corrected chi connectivity index (χ3v) is 3.72. The van der Waals surface area contributed by atoms with E-state index >= 15 is 0 Å². The molecule has 1 aromatic carbocycles. The number of nitrogens with two attached hydrogens (primary N) is 1. The molecular formula is C13H15N3O2. The van der Waals surface area contributed by atoms with Crippen molar-refractivity contribution in [3.8, 4) is 0 Å². The first-order chi connectivity index (χ1) is 8.65. The van der Waals surface area contributed by atoms with Crippen molar-refractivity contribution >= 4 is 23.2 Å². The van der Waals surface area contributed by atoms with Gasteiger partial charge in [0.15, 0.2) is 0 Å². The Morgan fingerprint density at radius 2 is 2.00 bits per heavy atom. The van der Waals surface area contributed by atoms with Crippen molar-refractivity contribution in [1.29, 1.82) is 0 Å². The number of hydrogen-bond donors (Lipinski definition) is 2. The number of nitrogens with zero attached hydrogens (tertiary/aromatic N) is 1. The van der Waals surface area contributed by atoms with Crippen molar-refractivity contribution < 1.29 is 9.59 Å². The summed E-state index contributed by atoms with van der Waals surface area (Å²) in [5.41, 5.74) is 6.18. The highest BCUT2D eigenvalue weighted by molar-refractivity contribution is 6.14. The van der Waals surface area contributed by atoms with Gasteiger partial charge in [0, 0.05) is 13.1 Å². The van der Waals surface area contributed by atoms with Gasteiger partial charge in [0.25, 0.3) is 0 Å². The van der Waals surface area contributed by atoms with E-state index in [9.17, 15) is 9.59 Å². The molecule has 0 unspecified atom stereocenters. The van der Waals surface area contributed by atoms with Crippen LogP contribution in [0.2, 0.25) is 0 Å². The zero-order valence-corrected chi connectivity index (χ0v) is 9.98. The summed E-state index contributed by atoms with van der Waals surface area (Å²) in [4.78, 5) is 25.6. The maximum absolute atomic E-state index is 12.5. The molecule has 0 bridgehead atoms.